The van der Waals surface area contributed by atoms with Gasteiger partial charge in [0, 0.05) is 18.0 Å². The third-order valence-electron chi connectivity index (χ3n) is 12.4. The number of hydrogen-bond acceptors (Lipinski definition) is 4. The molecule has 11 aromatic rings. The van der Waals surface area contributed by atoms with Crippen molar-refractivity contribution in [1.82, 2.24) is 42.7 Å². The molecule has 0 bridgehead atoms. The summed E-state index contributed by atoms with van der Waals surface area (Å²) < 4.78 is 10.8. The Morgan fingerprint density at radius 2 is 1.18 bits per heavy atom. The molecule has 11 rings (SSSR count). The van der Waals surface area contributed by atoms with Gasteiger partial charge in [-0.25, -0.2) is 15.0 Å². The van der Waals surface area contributed by atoms with Crippen LogP contribution in [0.2, 0.25) is 0 Å². The second kappa shape index (κ2) is 14.4. The average molecular weight is 993 g/mol. The first-order valence-corrected chi connectivity index (χ1v) is 21.2. The molecule has 0 unspecified atom stereocenters. The Balaban J connectivity index is 0.00000458. The van der Waals surface area contributed by atoms with Gasteiger partial charge < -0.3 is 13.4 Å². The zero-order valence-corrected chi connectivity index (χ0v) is 38.7. The van der Waals surface area contributed by atoms with Gasteiger partial charge in [-0.05, 0) is 116 Å². The predicted molar refractivity (Wildman–Crippen MR) is 247 cm³/mol. The number of pyridine rings is 1. The van der Waals surface area contributed by atoms with Gasteiger partial charge in [-0.1, -0.05) is 96.6 Å². The fourth-order valence-electron chi connectivity index (χ4n) is 9.25. The molecule has 6 heterocycles. The van der Waals surface area contributed by atoms with E-state index in [0.29, 0.717) is 11.8 Å². The average Bonchev–Trinajstić information content (AvgIpc) is 4.06. The van der Waals surface area contributed by atoms with E-state index in [1.165, 1.54) is 22.3 Å². The number of hydrogen-bond donors (Lipinski definition) is 0. The van der Waals surface area contributed by atoms with Crippen molar-refractivity contribution in [3.8, 4) is 28.3 Å². The summed E-state index contributed by atoms with van der Waals surface area (Å²) in [5.41, 5.74) is 17.7. The first-order valence-electron chi connectivity index (χ1n) is 21.2. The van der Waals surface area contributed by atoms with Gasteiger partial charge in [0.05, 0.1) is 28.3 Å². The Bertz CT molecular complexity index is 3540. The van der Waals surface area contributed by atoms with Gasteiger partial charge >= 0.3 is 21.1 Å². The molecule has 9 nitrogen and oxygen atoms in total. The number of fused-ring (bicyclic) bond motifs is 10. The molecule has 0 N–H and O–H groups in total. The van der Waals surface area contributed by atoms with E-state index in [0.717, 1.165) is 89.6 Å². The molecule has 10 heteroatoms. The molecule has 6 aromatic heterocycles. The van der Waals surface area contributed by atoms with Crippen LogP contribution in [0.1, 0.15) is 88.1 Å². The Labute approximate surface area is 374 Å². The minimum absolute atomic E-state index is 0. The molecule has 0 saturated heterocycles. The molecule has 0 radical (unpaired) electrons. The normalized spacial score (nSPS) is 12.4. The monoisotopic (exact) mass is 992 g/mol. The van der Waals surface area contributed by atoms with E-state index in [9.17, 15) is 0 Å². The van der Waals surface area contributed by atoms with Gasteiger partial charge in [-0.2, -0.15) is 11.2 Å². The van der Waals surface area contributed by atoms with E-state index >= 15 is 0 Å². The van der Waals surface area contributed by atoms with Crippen molar-refractivity contribution >= 4 is 55.7 Å². The Kier molecular flexibility index (Phi) is 9.23. The summed E-state index contributed by atoms with van der Waals surface area (Å²) in [5.74, 6) is 3.12. The smallest absolute Gasteiger partial charge is 0.331 e. The molecule has 62 heavy (non-hydrogen) atoms. The van der Waals surface area contributed by atoms with Crippen molar-refractivity contribution < 1.29 is 21.1 Å². The van der Waals surface area contributed by atoms with Crippen LogP contribution in [-0.4, -0.2) is 42.7 Å². The number of para-hydroxylation sites is 2. The summed E-state index contributed by atoms with van der Waals surface area (Å²) in [4.78, 5) is 15.7. The number of aromatic nitrogens is 9. The van der Waals surface area contributed by atoms with Gasteiger partial charge in [0.1, 0.15) is 5.82 Å². The van der Waals surface area contributed by atoms with Crippen molar-refractivity contribution in [1.29, 1.82) is 0 Å². The van der Waals surface area contributed by atoms with Crippen LogP contribution in [-0.2, 0) is 26.5 Å². The Morgan fingerprint density at radius 3 is 1.79 bits per heavy atom. The summed E-state index contributed by atoms with van der Waals surface area (Å²) in [6, 6.07) is 40.0. The van der Waals surface area contributed by atoms with Crippen LogP contribution >= 0.6 is 0 Å². The summed E-state index contributed by atoms with van der Waals surface area (Å²) >= 11 is 0. The first kappa shape index (κ1) is 39.8. The van der Waals surface area contributed by atoms with Gasteiger partial charge in [0.15, 0.2) is 0 Å². The van der Waals surface area contributed by atoms with Crippen LogP contribution in [0, 0.1) is 26.0 Å². The van der Waals surface area contributed by atoms with Crippen molar-refractivity contribution in [3.05, 3.63) is 150 Å². The van der Waals surface area contributed by atoms with Gasteiger partial charge in [-0.15, -0.1) is 30.3 Å². The van der Waals surface area contributed by atoms with Crippen molar-refractivity contribution in [2.24, 2.45) is 0 Å². The minimum Gasteiger partial charge on any atom is -0.331 e. The van der Waals surface area contributed by atoms with Gasteiger partial charge in [0.25, 0.3) is 0 Å². The van der Waals surface area contributed by atoms with Crippen molar-refractivity contribution in [2.75, 3.05) is 0 Å². The van der Waals surface area contributed by atoms with Gasteiger partial charge in [0.2, 0.25) is 11.6 Å². The number of aryl methyl sites for hydroxylation is 2. The fraction of sp³-hybridized carbons (Fsp3) is 0.231. The van der Waals surface area contributed by atoms with E-state index in [1.807, 2.05) is 17.1 Å². The molecule has 0 aliphatic heterocycles. The third-order valence-corrected chi connectivity index (χ3v) is 12.4. The summed E-state index contributed by atoms with van der Waals surface area (Å²) in [5, 5.41) is 4.94. The summed E-state index contributed by atoms with van der Waals surface area (Å²) in [6.07, 6.45) is 6.04. The zero-order valence-electron chi connectivity index (χ0n) is 36.4. The molecule has 0 amide bonds. The predicted octanol–water partition coefficient (Wildman–Crippen LogP) is 12.2. The van der Waals surface area contributed by atoms with E-state index in [4.69, 9.17) is 20.1 Å². The topological polar surface area (TPSA) is 75.2 Å². The van der Waals surface area contributed by atoms with Crippen LogP contribution in [0.25, 0.3) is 84.0 Å². The zero-order chi connectivity index (χ0) is 42.1. The second-order valence-corrected chi connectivity index (χ2v) is 18.2. The van der Waals surface area contributed by atoms with Crippen LogP contribution in [0.4, 0.5) is 0 Å². The molecule has 0 spiro atoms. The van der Waals surface area contributed by atoms with Crippen LogP contribution < -0.4 is 0 Å². The number of benzene rings is 5. The number of rotatable bonds is 6. The Morgan fingerprint density at radius 1 is 0.613 bits per heavy atom. The molecule has 0 saturated carbocycles. The third kappa shape index (κ3) is 5.92. The van der Waals surface area contributed by atoms with Crippen molar-refractivity contribution in [2.45, 2.75) is 79.6 Å². The molecule has 0 atom stereocenters. The molecular formula is C52H47N9Pt. The van der Waals surface area contributed by atoms with Gasteiger partial charge in [-0.3, -0.25) is 9.25 Å². The maximum atomic E-state index is 5.36. The quantitative estimate of drug-likeness (QED) is 0.156. The van der Waals surface area contributed by atoms with Crippen molar-refractivity contribution in [3.63, 3.8) is 0 Å². The summed E-state index contributed by atoms with van der Waals surface area (Å²) in [6.45, 7) is 20.0. The van der Waals surface area contributed by atoms with Crippen LogP contribution in [0.5, 0.6) is 0 Å². The molecular weight excluding hydrogens is 946 g/mol. The van der Waals surface area contributed by atoms with Crippen LogP contribution in [0.3, 0.4) is 0 Å². The molecule has 310 valence electrons. The molecule has 0 aliphatic carbocycles. The SMILES string of the molecule is Cc1cccc2c1nc1n(-c3[c-]c(-n4cc(-c5c(C(C)C)cccc5C(C)C)cn4)ccc3)c3[c-]c4c(cc3n21)n1c2cccc(C)c2nc1n4-c1cc(C(C)(C)C)ccn1.[Pt+2]. The second-order valence-electron chi connectivity index (χ2n) is 18.2. The first-order chi connectivity index (χ1) is 29.4. The maximum Gasteiger partial charge on any atom is 2.00 e. The number of imidazole rings is 4. The molecule has 5 aromatic carbocycles. The standard InChI is InChI=1S/C52H47N9.Pt/c1-30(2)38-18-13-19-39(31(3)4)47(38)34-28-54-57(29-34)36-16-12-17-37(25-36)58-42-26-45-44(27-43(42)59-40-20-10-14-32(5)48(40)55-50(58)59)60-41-21-11-15-33(6)49(41)56-51(60)61(45)46-24-35(22-23-53-46)52(7,8)9;/h10-24,27-31H,1-9H3;/q-2;+2. The minimum atomic E-state index is -0.0749. The number of nitrogens with zero attached hydrogens (tertiary/aromatic N) is 9. The fourth-order valence-corrected chi connectivity index (χ4v) is 9.25. The van der Waals surface area contributed by atoms with Crippen LogP contribution in [0.15, 0.2) is 110 Å². The van der Waals surface area contributed by atoms with E-state index in [-0.39, 0.29) is 26.5 Å². The largest absolute Gasteiger partial charge is 2.00 e. The maximum absolute atomic E-state index is 5.36. The Hall–Kier alpha value is -6.31. The molecule has 0 aliphatic rings. The van der Waals surface area contributed by atoms with E-state index < -0.39 is 0 Å². The molecule has 0 fully saturated rings. The van der Waals surface area contributed by atoms with E-state index in [1.54, 1.807) is 0 Å². The van der Waals surface area contributed by atoms with E-state index in [2.05, 4.69) is 190 Å². The summed E-state index contributed by atoms with van der Waals surface area (Å²) in [7, 11) is 0.